The van der Waals surface area contributed by atoms with Crippen LogP contribution in [0.3, 0.4) is 0 Å². The Balaban J connectivity index is 1.39. The first kappa shape index (κ1) is 23.7. The quantitative estimate of drug-likeness (QED) is 0.545. The fourth-order valence-electron chi connectivity index (χ4n) is 4.80. The number of hydrogen-bond donors (Lipinski definition) is 1. The molecule has 36 heavy (non-hydrogen) atoms. The van der Waals surface area contributed by atoms with E-state index in [-0.39, 0.29) is 5.41 Å². The molecule has 2 aliphatic heterocycles. The third-order valence-corrected chi connectivity index (χ3v) is 6.98. The predicted octanol–water partition coefficient (Wildman–Crippen LogP) is 4.53. The SMILES string of the molecule is CCOc1cc(-c2nncn2C)ccc1NN1C=Cc2cc(C)nc(N3CCC(C)(C#N)CC3)c2C1. The minimum absolute atomic E-state index is 0.249. The molecule has 1 aromatic carbocycles. The fraction of sp³-hybridized carbons (Fsp3) is 0.407. The van der Waals surface area contributed by atoms with Crippen molar-refractivity contribution in [2.75, 3.05) is 30.0 Å². The van der Waals surface area contributed by atoms with Crippen LogP contribution in [-0.4, -0.2) is 44.5 Å². The molecule has 2 aromatic heterocycles. The second-order valence-electron chi connectivity index (χ2n) is 9.78. The minimum atomic E-state index is -0.249. The summed E-state index contributed by atoms with van der Waals surface area (Å²) < 4.78 is 7.86. The normalized spacial score (nSPS) is 16.4. The van der Waals surface area contributed by atoms with Gasteiger partial charge in [-0.05, 0) is 69.5 Å². The van der Waals surface area contributed by atoms with Crippen LogP contribution < -0.4 is 15.1 Å². The fourth-order valence-corrected chi connectivity index (χ4v) is 4.80. The number of nitrogens with one attached hydrogen (secondary N) is 1. The first-order valence-electron chi connectivity index (χ1n) is 12.4. The van der Waals surface area contributed by atoms with Gasteiger partial charge in [0.05, 0.1) is 30.3 Å². The Morgan fingerprint density at radius 1 is 1.22 bits per heavy atom. The molecule has 4 heterocycles. The first-order chi connectivity index (χ1) is 17.4. The predicted molar refractivity (Wildman–Crippen MR) is 140 cm³/mol. The van der Waals surface area contributed by atoms with Gasteiger partial charge in [-0.2, -0.15) is 5.26 Å². The maximum atomic E-state index is 9.54. The van der Waals surface area contributed by atoms with Gasteiger partial charge in [0.15, 0.2) is 5.82 Å². The molecule has 5 rings (SSSR count). The van der Waals surface area contributed by atoms with E-state index in [1.165, 1.54) is 11.1 Å². The maximum absolute atomic E-state index is 9.54. The van der Waals surface area contributed by atoms with Crippen LogP contribution in [0, 0.1) is 23.7 Å². The van der Waals surface area contributed by atoms with Crippen LogP contribution in [0.25, 0.3) is 17.5 Å². The van der Waals surface area contributed by atoms with E-state index in [0.717, 1.165) is 60.3 Å². The summed E-state index contributed by atoms with van der Waals surface area (Å²) in [6, 6.07) is 10.7. The summed E-state index contributed by atoms with van der Waals surface area (Å²) in [7, 11) is 1.92. The van der Waals surface area contributed by atoms with Gasteiger partial charge in [-0.25, -0.2) is 4.98 Å². The van der Waals surface area contributed by atoms with Crippen molar-refractivity contribution in [3.63, 3.8) is 0 Å². The van der Waals surface area contributed by atoms with Gasteiger partial charge < -0.3 is 14.2 Å². The van der Waals surface area contributed by atoms with E-state index in [2.05, 4.69) is 56.9 Å². The zero-order valence-corrected chi connectivity index (χ0v) is 21.3. The Labute approximate surface area is 212 Å². The van der Waals surface area contributed by atoms with Crippen molar-refractivity contribution in [2.24, 2.45) is 12.5 Å². The van der Waals surface area contributed by atoms with Gasteiger partial charge in [0, 0.05) is 43.2 Å². The van der Waals surface area contributed by atoms with E-state index < -0.39 is 0 Å². The molecule has 0 radical (unpaired) electrons. The number of pyridine rings is 1. The number of aromatic nitrogens is 4. The lowest BCUT2D eigenvalue weighted by atomic mass is 9.82. The molecule has 0 unspecified atom stereocenters. The van der Waals surface area contributed by atoms with Crippen LogP contribution >= 0.6 is 0 Å². The van der Waals surface area contributed by atoms with E-state index in [4.69, 9.17) is 9.72 Å². The highest BCUT2D eigenvalue weighted by molar-refractivity contribution is 5.68. The van der Waals surface area contributed by atoms with Crippen molar-refractivity contribution in [3.8, 4) is 23.2 Å². The summed E-state index contributed by atoms with van der Waals surface area (Å²) in [5.41, 5.74) is 8.46. The number of hydrogen-bond acceptors (Lipinski definition) is 8. The van der Waals surface area contributed by atoms with Crippen molar-refractivity contribution in [1.29, 1.82) is 5.26 Å². The maximum Gasteiger partial charge on any atom is 0.163 e. The van der Waals surface area contributed by atoms with Gasteiger partial charge in [0.25, 0.3) is 0 Å². The number of hydrazine groups is 1. The summed E-state index contributed by atoms with van der Waals surface area (Å²) in [6.07, 6.45) is 7.57. The highest BCUT2D eigenvalue weighted by Crippen LogP contribution is 2.36. The number of fused-ring (bicyclic) bond motifs is 1. The Hall–Kier alpha value is -4.06. The average Bonchev–Trinajstić information content (AvgIpc) is 3.31. The minimum Gasteiger partial charge on any atom is -0.492 e. The van der Waals surface area contributed by atoms with E-state index in [1.54, 1.807) is 6.33 Å². The van der Waals surface area contributed by atoms with Crippen LogP contribution in [0.2, 0.25) is 0 Å². The first-order valence-corrected chi connectivity index (χ1v) is 12.4. The van der Waals surface area contributed by atoms with Gasteiger partial charge in [-0.15, -0.1) is 10.2 Å². The zero-order chi connectivity index (χ0) is 25.3. The molecule has 0 spiro atoms. The summed E-state index contributed by atoms with van der Waals surface area (Å²) >= 11 is 0. The van der Waals surface area contributed by atoms with Crippen molar-refractivity contribution < 1.29 is 4.74 Å². The Bertz CT molecular complexity index is 1330. The number of anilines is 2. The lowest BCUT2D eigenvalue weighted by molar-refractivity contribution is 0.334. The van der Waals surface area contributed by atoms with Crippen LogP contribution in [0.5, 0.6) is 5.75 Å². The largest absolute Gasteiger partial charge is 0.492 e. The van der Waals surface area contributed by atoms with Gasteiger partial charge >= 0.3 is 0 Å². The molecule has 0 bridgehead atoms. The molecule has 0 saturated carbocycles. The smallest absolute Gasteiger partial charge is 0.163 e. The number of rotatable bonds is 6. The number of aryl methyl sites for hydroxylation is 2. The highest BCUT2D eigenvalue weighted by Gasteiger charge is 2.32. The molecule has 1 N–H and O–H groups in total. The molecule has 0 aliphatic carbocycles. The van der Waals surface area contributed by atoms with Crippen LogP contribution in [0.1, 0.15) is 43.5 Å². The molecular weight excluding hydrogens is 452 g/mol. The standard InChI is InChI=1S/C27H32N8O/c1-5-36-24-15-21(25-31-29-18-33(25)4)6-7-23(24)32-35-11-8-20-14-19(2)30-26(22(20)16-35)34-12-9-27(3,17-28)10-13-34/h6-8,11,14-15,18,32H,5,9-10,12-13,16H2,1-4H3. The Morgan fingerprint density at radius 3 is 2.72 bits per heavy atom. The topological polar surface area (TPSA) is 95.1 Å². The number of nitriles is 1. The molecule has 186 valence electrons. The average molecular weight is 485 g/mol. The van der Waals surface area contributed by atoms with E-state index >= 15 is 0 Å². The van der Waals surface area contributed by atoms with E-state index in [1.807, 2.05) is 43.7 Å². The molecule has 0 atom stereocenters. The molecule has 9 heteroatoms. The third kappa shape index (κ3) is 4.59. The number of piperidine rings is 1. The molecule has 9 nitrogen and oxygen atoms in total. The molecule has 2 aliphatic rings. The number of benzene rings is 1. The summed E-state index contributed by atoms with van der Waals surface area (Å²) in [5, 5.41) is 19.8. The second-order valence-corrected chi connectivity index (χ2v) is 9.78. The monoisotopic (exact) mass is 484 g/mol. The van der Waals surface area contributed by atoms with Crippen LogP contribution in [0.15, 0.2) is 36.8 Å². The number of nitrogens with zero attached hydrogens (tertiary/aromatic N) is 7. The molecule has 3 aromatic rings. The Kier molecular flexibility index (Phi) is 6.27. The Morgan fingerprint density at radius 2 is 2.03 bits per heavy atom. The highest BCUT2D eigenvalue weighted by atomic mass is 16.5. The van der Waals surface area contributed by atoms with Gasteiger partial charge in [-0.1, -0.05) is 0 Å². The van der Waals surface area contributed by atoms with Crippen molar-refractivity contribution >= 4 is 17.6 Å². The van der Waals surface area contributed by atoms with E-state index in [0.29, 0.717) is 13.2 Å². The third-order valence-electron chi connectivity index (χ3n) is 6.98. The van der Waals surface area contributed by atoms with Gasteiger partial charge in [0.1, 0.15) is 17.9 Å². The van der Waals surface area contributed by atoms with E-state index in [9.17, 15) is 5.26 Å². The summed E-state index contributed by atoms with van der Waals surface area (Å²) in [6.45, 7) is 8.97. The molecule has 1 fully saturated rings. The van der Waals surface area contributed by atoms with Crippen molar-refractivity contribution in [2.45, 2.75) is 40.2 Å². The summed E-state index contributed by atoms with van der Waals surface area (Å²) in [4.78, 5) is 7.27. The molecular formula is C27H32N8O. The van der Waals surface area contributed by atoms with Gasteiger partial charge in [-0.3, -0.25) is 10.4 Å². The summed E-state index contributed by atoms with van der Waals surface area (Å²) in [5.74, 6) is 2.56. The molecule has 0 amide bonds. The second kappa shape index (κ2) is 9.53. The lowest BCUT2D eigenvalue weighted by Gasteiger charge is -2.38. The molecule has 1 saturated heterocycles. The number of ether oxygens (including phenoxy) is 1. The lowest BCUT2D eigenvalue weighted by Crippen LogP contribution is -2.40. The van der Waals surface area contributed by atoms with Crippen LogP contribution in [0.4, 0.5) is 11.5 Å². The van der Waals surface area contributed by atoms with Gasteiger partial charge in [0.2, 0.25) is 0 Å². The van der Waals surface area contributed by atoms with Crippen LogP contribution in [-0.2, 0) is 13.6 Å². The van der Waals surface area contributed by atoms with Crippen molar-refractivity contribution in [1.82, 2.24) is 24.8 Å². The van der Waals surface area contributed by atoms with Crippen molar-refractivity contribution in [3.05, 3.63) is 53.6 Å². The zero-order valence-electron chi connectivity index (χ0n) is 21.3.